The minimum atomic E-state index is -0.666. The molecule has 7 heteroatoms. The summed E-state index contributed by atoms with van der Waals surface area (Å²) in [6, 6.07) is 1.47. The number of nitrogens with one attached hydrogen (secondary N) is 1. The molecule has 82 valence electrons. The maximum Gasteiger partial charge on any atom is 0.407 e. The standard InChI is InChI=1S/C8H7Cl2NO3S/c1-14-8(13)11-3-5(12)4-2-6(9)15-7(4)10/h2H,3H2,1H3,(H,11,13). The normalized spacial score (nSPS) is 9.80. The summed E-state index contributed by atoms with van der Waals surface area (Å²) in [5, 5.41) is 2.26. The second-order valence-electron chi connectivity index (χ2n) is 2.51. The molecule has 15 heavy (non-hydrogen) atoms. The smallest absolute Gasteiger partial charge is 0.407 e. The predicted molar refractivity (Wildman–Crippen MR) is 59.1 cm³/mol. The number of thiophene rings is 1. The van der Waals surface area contributed by atoms with Crippen molar-refractivity contribution in [3.8, 4) is 0 Å². The number of hydrogen-bond acceptors (Lipinski definition) is 4. The van der Waals surface area contributed by atoms with Gasteiger partial charge >= 0.3 is 6.09 Å². The van der Waals surface area contributed by atoms with Crippen molar-refractivity contribution in [3.05, 3.63) is 20.3 Å². The van der Waals surface area contributed by atoms with E-state index >= 15 is 0 Å². The molecule has 1 heterocycles. The lowest BCUT2D eigenvalue weighted by atomic mass is 10.2. The largest absolute Gasteiger partial charge is 0.453 e. The number of alkyl carbamates (subject to hydrolysis) is 1. The van der Waals surface area contributed by atoms with Crippen LogP contribution in [0.1, 0.15) is 10.4 Å². The average molecular weight is 268 g/mol. The SMILES string of the molecule is COC(=O)NCC(=O)c1cc(Cl)sc1Cl. The first kappa shape index (κ1) is 12.3. The van der Waals surface area contributed by atoms with E-state index in [1.165, 1.54) is 13.2 Å². The van der Waals surface area contributed by atoms with Crippen LogP contribution >= 0.6 is 34.5 Å². The highest BCUT2D eigenvalue weighted by Gasteiger charge is 2.14. The number of carbonyl (C=O) groups is 2. The van der Waals surface area contributed by atoms with Gasteiger partial charge in [0.1, 0.15) is 4.34 Å². The second kappa shape index (κ2) is 5.34. The lowest BCUT2D eigenvalue weighted by molar-refractivity contribution is 0.0984. The van der Waals surface area contributed by atoms with E-state index in [4.69, 9.17) is 23.2 Å². The molecule has 0 aliphatic rings. The first-order valence-corrected chi connectivity index (χ1v) is 5.41. The zero-order valence-corrected chi connectivity index (χ0v) is 10.0. The van der Waals surface area contributed by atoms with Crippen LogP contribution in [-0.2, 0) is 4.74 Å². The van der Waals surface area contributed by atoms with Crippen molar-refractivity contribution >= 4 is 46.4 Å². The van der Waals surface area contributed by atoms with E-state index in [0.29, 0.717) is 14.2 Å². The third-order valence-corrected chi connectivity index (χ3v) is 3.02. The summed E-state index contributed by atoms with van der Waals surface area (Å²) in [7, 11) is 1.22. The van der Waals surface area contributed by atoms with E-state index in [1.54, 1.807) is 0 Å². The molecule has 0 fully saturated rings. The molecule has 0 saturated carbocycles. The van der Waals surface area contributed by atoms with E-state index in [0.717, 1.165) is 11.3 Å². The van der Waals surface area contributed by atoms with Gasteiger partial charge in [0.2, 0.25) is 0 Å². The monoisotopic (exact) mass is 267 g/mol. The Labute approximate surface area is 100 Å². The number of ether oxygens (including phenoxy) is 1. The molecule has 0 bridgehead atoms. The van der Waals surface area contributed by atoms with Gasteiger partial charge in [0.15, 0.2) is 5.78 Å². The van der Waals surface area contributed by atoms with Crippen LogP contribution in [-0.4, -0.2) is 25.5 Å². The molecule has 0 aliphatic carbocycles. The number of rotatable bonds is 3. The first-order valence-electron chi connectivity index (χ1n) is 3.84. The van der Waals surface area contributed by atoms with E-state index in [2.05, 4.69) is 10.1 Å². The van der Waals surface area contributed by atoms with Gasteiger partial charge in [-0.2, -0.15) is 0 Å². The van der Waals surface area contributed by atoms with Gasteiger partial charge in [-0.05, 0) is 6.07 Å². The average Bonchev–Trinajstić information content (AvgIpc) is 2.53. The Bertz CT molecular complexity index is 391. The van der Waals surface area contributed by atoms with Crippen molar-refractivity contribution in [1.29, 1.82) is 0 Å². The highest BCUT2D eigenvalue weighted by molar-refractivity contribution is 7.20. The van der Waals surface area contributed by atoms with Crippen molar-refractivity contribution in [2.24, 2.45) is 0 Å². The van der Waals surface area contributed by atoms with Crippen molar-refractivity contribution in [1.82, 2.24) is 5.32 Å². The number of Topliss-reactive ketones (excluding diaryl/α,β-unsaturated/α-hetero) is 1. The summed E-state index contributed by atoms with van der Waals surface area (Å²) in [6.45, 7) is -0.167. The van der Waals surface area contributed by atoms with Gasteiger partial charge in [-0.25, -0.2) is 4.79 Å². The number of carbonyl (C=O) groups excluding carboxylic acids is 2. The second-order valence-corrected chi connectivity index (χ2v) is 4.79. The van der Waals surface area contributed by atoms with E-state index < -0.39 is 6.09 Å². The fraction of sp³-hybridized carbons (Fsp3) is 0.250. The highest BCUT2D eigenvalue weighted by atomic mass is 35.5. The maximum absolute atomic E-state index is 11.5. The summed E-state index contributed by atoms with van der Waals surface area (Å²) >= 11 is 12.5. The molecule has 0 radical (unpaired) electrons. The lowest BCUT2D eigenvalue weighted by Gasteiger charge is -2.01. The molecular weight excluding hydrogens is 261 g/mol. The molecule has 0 unspecified atom stereocenters. The fourth-order valence-electron chi connectivity index (χ4n) is 0.850. The third kappa shape index (κ3) is 3.37. The number of halogens is 2. The van der Waals surface area contributed by atoms with Crippen molar-refractivity contribution in [3.63, 3.8) is 0 Å². The number of methoxy groups -OCH3 is 1. The van der Waals surface area contributed by atoms with Crippen LogP contribution in [0.15, 0.2) is 6.07 Å². The van der Waals surface area contributed by atoms with E-state index in [9.17, 15) is 9.59 Å². The van der Waals surface area contributed by atoms with Gasteiger partial charge in [0.05, 0.1) is 23.6 Å². The third-order valence-electron chi connectivity index (χ3n) is 1.54. The molecule has 0 saturated heterocycles. The van der Waals surface area contributed by atoms with Crippen LogP contribution in [0.3, 0.4) is 0 Å². The Morgan fingerprint density at radius 1 is 1.53 bits per heavy atom. The zero-order chi connectivity index (χ0) is 11.4. The minimum absolute atomic E-state index is 0.167. The van der Waals surface area contributed by atoms with Gasteiger partial charge in [-0.15, -0.1) is 11.3 Å². The van der Waals surface area contributed by atoms with Gasteiger partial charge in [-0.1, -0.05) is 23.2 Å². The van der Waals surface area contributed by atoms with Gasteiger partial charge in [0, 0.05) is 0 Å². The summed E-state index contributed by atoms with van der Waals surface area (Å²) in [5.74, 6) is -0.312. The Hall–Kier alpha value is -0.780. The highest BCUT2D eigenvalue weighted by Crippen LogP contribution is 2.31. The predicted octanol–water partition coefficient (Wildman–Crippen LogP) is 2.59. The van der Waals surface area contributed by atoms with Crippen molar-refractivity contribution in [2.75, 3.05) is 13.7 Å². The molecule has 1 rings (SSSR count). The molecule has 0 aliphatic heterocycles. The summed E-state index contributed by atoms with van der Waals surface area (Å²) < 4.78 is 5.06. The summed E-state index contributed by atoms with van der Waals surface area (Å²) in [5.41, 5.74) is 0.308. The maximum atomic E-state index is 11.5. The quantitative estimate of drug-likeness (QED) is 0.857. The molecule has 1 N–H and O–H groups in total. The molecule has 0 spiro atoms. The van der Waals surface area contributed by atoms with E-state index in [1.807, 2.05) is 0 Å². The minimum Gasteiger partial charge on any atom is -0.453 e. The number of ketones is 1. The van der Waals surface area contributed by atoms with Gasteiger partial charge in [0.25, 0.3) is 0 Å². The van der Waals surface area contributed by atoms with E-state index in [-0.39, 0.29) is 12.3 Å². The van der Waals surface area contributed by atoms with Crippen molar-refractivity contribution in [2.45, 2.75) is 0 Å². The molecule has 1 aromatic heterocycles. The van der Waals surface area contributed by atoms with Crippen LogP contribution in [0.2, 0.25) is 8.67 Å². The lowest BCUT2D eigenvalue weighted by Crippen LogP contribution is -2.29. The summed E-state index contributed by atoms with van der Waals surface area (Å²) in [4.78, 5) is 22.2. The Kier molecular flexibility index (Phi) is 4.38. The number of hydrogen-bond donors (Lipinski definition) is 1. The van der Waals surface area contributed by atoms with Crippen LogP contribution in [0.25, 0.3) is 0 Å². The first-order chi connectivity index (χ1) is 7.04. The van der Waals surface area contributed by atoms with Gasteiger partial charge in [-0.3, -0.25) is 4.79 Å². The van der Waals surface area contributed by atoms with Crippen LogP contribution in [0, 0.1) is 0 Å². The zero-order valence-electron chi connectivity index (χ0n) is 7.67. The molecule has 0 atom stereocenters. The molecule has 4 nitrogen and oxygen atoms in total. The molecular formula is C8H7Cl2NO3S. The van der Waals surface area contributed by atoms with Crippen LogP contribution < -0.4 is 5.32 Å². The molecule has 1 aromatic rings. The van der Waals surface area contributed by atoms with Crippen LogP contribution in [0.5, 0.6) is 0 Å². The molecule has 1 amide bonds. The Morgan fingerprint density at radius 3 is 2.67 bits per heavy atom. The topological polar surface area (TPSA) is 55.4 Å². The molecule has 0 aromatic carbocycles. The number of amides is 1. The van der Waals surface area contributed by atoms with Crippen molar-refractivity contribution < 1.29 is 14.3 Å². The van der Waals surface area contributed by atoms with Crippen LogP contribution in [0.4, 0.5) is 4.79 Å². The van der Waals surface area contributed by atoms with Gasteiger partial charge < -0.3 is 10.1 Å². The Balaban J connectivity index is 2.61. The Morgan fingerprint density at radius 2 is 2.20 bits per heavy atom. The summed E-state index contributed by atoms with van der Waals surface area (Å²) in [6.07, 6.45) is -0.666. The fourth-order valence-corrected chi connectivity index (χ4v) is 2.35.